The Hall–Kier alpha value is -0.350. The van der Waals surface area contributed by atoms with Gasteiger partial charge in [0.2, 0.25) is 0 Å². The highest BCUT2D eigenvalue weighted by molar-refractivity contribution is 9.09. The van der Waals surface area contributed by atoms with Gasteiger partial charge in [0.25, 0.3) is 5.91 Å². The molecular weight excluding hydrogens is 274 g/mol. The van der Waals surface area contributed by atoms with Crippen LogP contribution < -0.4 is 0 Å². The predicted molar refractivity (Wildman–Crippen MR) is 69.0 cm³/mol. The van der Waals surface area contributed by atoms with Gasteiger partial charge in [0.05, 0.1) is 4.88 Å². The molecule has 0 unspecified atom stereocenters. The van der Waals surface area contributed by atoms with Crippen molar-refractivity contribution < 1.29 is 4.79 Å². The minimum absolute atomic E-state index is 0.141. The molecule has 4 heteroatoms. The topological polar surface area (TPSA) is 20.3 Å². The molecule has 0 bridgehead atoms. The Morgan fingerprint density at radius 2 is 2.20 bits per heavy atom. The minimum atomic E-state index is 0.141. The molecule has 0 aliphatic rings. The zero-order chi connectivity index (χ0) is 11.4. The molecule has 1 aromatic heterocycles. The summed E-state index contributed by atoms with van der Waals surface area (Å²) < 4.78 is 0. The van der Waals surface area contributed by atoms with Crippen LogP contribution in [-0.4, -0.2) is 28.7 Å². The number of nitrogens with zero attached hydrogens (tertiary/aromatic N) is 1. The quantitative estimate of drug-likeness (QED) is 0.779. The Labute approximate surface area is 103 Å². The largest absolute Gasteiger partial charge is 0.335 e. The second-order valence-electron chi connectivity index (χ2n) is 3.69. The molecule has 1 rings (SSSR count). The van der Waals surface area contributed by atoms with Crippen molar-refractivity contribution >= 4 is 33.2 Å². The van der Waals surface area contributed by atoms with E-state index in [1.807, 2.05) is 37.8 Å². The maximum absolute atomic E-state index is 12.1. The Bertz CT molecular complexity index is 335. The minimum Gasteiger partial charge on any atom is -0.335 e. The van der Waals surface area contributed by atoms with E-state index in [-0.39, 0.29) is 11.9 Å². The summed E-state index contributed by atoms with van der Waals surface area (Å²) in [6.45, 7) is 6.86. The Morgan fingerprint density at radius 1 is 1.53 bits per heavy atom. The molecule has 0 N–H and O–H groups in total. The predicted octanol–water partition coefficient (Wildman–Crippen LogP) is 3.30. The van der Waals surface area contributed by atoms with Crippen LogP contribution >= 0.6 is 27.3 Å². The van der Waals surface area contributed by atoms with Gasteiger partial charge in [0, 0.05) is 22.8 Å². The van der Waals surface area contributed by atoms with Crippen molar-refractivity contribution in [3.63, 3.8) is 0 Å². The summed E-state index contributed by atoms with van der Waals surface area (Å²) in [7, 11) is 0. The van der Waals surface area contributed by atoms with Gasteiger partial charge in [0.15, 0.2) is 0 Å². The molecule has 1 aromatic rings. The molecular formula is C11H16BrNOS. The van der Waals surface area contributed by atoms with Crippen LogP contribution in [0.4, 0.5) is 0 Å². The van der Waals surface area contributed by atoms with Gasteiger partial charge in [-0.1, -0.05) is 15.9 Å². The molecule has 15 heavy (non-hydrogen) atoms. The van der Waals surface area contributed by atoms with E-state index < -0.39 is 0 Å². The fourth-order valence-electron chi connectivity index (χ4n) is 1.38. The Balaban J connectivity index is 2.80. The number of hydrogen-bond donors (Lipinski definition) is 0. The average Bonchev–Trinajstić information content (AvgIpc) is 2.59. The number of carbonyl (C=O) groups excluding carboxylic acids is 1. The molecule has 1 heterocycles. The summed E-state index contributed by atoms with van der Waals surface area (Å²) in [5.74, 6) is 0.141. The molecule has 0 spiro atoms. The first-order valence-electron chi connectivity index (χ1n) is 4.99. The van der Waals surface area contributed by atoms with Crippen molar-refractivity contribution in [3.05, 3.63) is 21.9 Å². The van der Waals surface area contributed by atoms with Crippen LogP contribution in [0.3, 0.4) is 0 Å². The second kappa shape index (κ2) is 5.66. The van der Waals surface area contributed by atoms with E-state index in [9.17, 15) is 4.79 Å². The maximum atomic E-state index is 12.1. The normalized spacial score (nSPS) is 10.7. The van der Waals surface area contributed by atoms with Gasteiger partial charge in [-0.25, -0.2) is 0 Å². The molecule has 0 atom stereocenters. The van der Waals surface area contributed by atoms with Crippen LogP contribution in [0, 0.1) is 6.92 Å². The first-order chi connectivity index (χ1) is 7.06. The first kappa shape index (κ1) is 12.7. The van der Waals surface area contributed by atoms with Gasteiger partial charge in [-0.05, 0) is 32.9 Å². The van der Waals surface area contributed by atoms with Crippen LogP contribution in [0.15, 0.2) is 12.1 Å². The number of amides is 1. The summed E-state index contributed by atoms with van der Waals surface area (Å²) in [5.41, 5.74) is 0. The monoisotopic (exact) mass is 289 g/mol. The number of carbonyl (C=O) groups is 1. The first-order valence-corrected chi connectivity index (χ1v) is 6.93. The molecule has 2 nitrogen and oxygen atoms in total. The summed E-state index contributed by atoms with van der Waals surface area (Å²) in [5, 5.41) is 0.821. The third-order valence-electron chi connectivity index (χ3n) is 2.16. The van der Waals surface area contributed by atoms with Gasteiger partial charge in [-0.3, -0.25) is 4.79 Å². The van der Waals surface area contributed by atoms with Crippen molar-refractivity contribution in [2.75, 3.05) is 11.9 Å². The van der Waals surface area contributed by atoms with Crippen molar-refractivity contribution in [3.8, 4) is 0 Å². The smallest absolute Gasteiger partial charge is 0.264 e. The Morgan fingerprint density at radius 3 is 2.60 bits per heavy atom. The lowest BCUT2D eigenvalue weighted by molar-refractivity contribution is 0.0724. The lowest BCUT2D eigenvalue weighted by Gasteiger charge is -2.25. The van der Waals surface area contributed by atoms with Crippen LogP contribution in [0.1, 0.15) is 28.4 Å². The van der Waals surface area contributed by atoms with Crippen LogP contribution in [0.5, 0.6) is 0 Å². The number of alkyl halides is 1. The molecule has 0 saturated carbocycles. The zero-order valence-corrected chi connectivity index (χ0v) is 11.7. The van der Waals surface area contributed by atoms with Gasteiger partial charge in [0.1, 0.15) is 0 Å². The van der Waals surface area contributed by atoms with Gasteiger partial charge in [-0.15, -0.1) is 11.3 Å². The second-order valence-corrected chi connectivity index (χ2v) is 5.77. The maximum Gasteiger partial charge on any atom is 0.264 e. The molecule has 0 aromatic carbocycles. The number of halogens is 1. The standard InChI is InChI=1S/C11H16BrNOS/c1-8(2)13(7-6-12)11(14)10-5-4-9(3)15-10/h4-5,8H,6-7H2,1-3H3. The van der Waals surface area contributed by atoms with E-state index in [2.05, 4.69) is 15.9 Å². The van der Waals surface area contributed by atoms with Crippen LogP contribution in [0.2, 0.25) is 0 Å². The average molecular weight is 290 g/mol. The fourth-order valence-corrected chi connectivity index (χ4v) is 2.58. The highest BCUT2D eigenvalue weighted by Gasteiger charge is 2.18. The summed E-state index contributed by atoms with van der Waals surface area (Å²) in [4.78, 5) is 16.0. The van der Waals surface area contributed by atoms with E-state index in [1.54, 1.807) is 11.3 Å². The fraction of sp³-hybridized carbons (Fsp3) is 0.545. The van der Waals surface area contributed by atoms with Crippen LogP contribution in [0.25, 0.3) is 0 Å². The number of aryl methyl sites for hydroxylation is 1. The highest BCUT2D eigenvalue weighted by Crippen LogP contribution is 2.18. The SMILES string of the molecule is Cc1ccc(C(=O)N(CCBr)C(C)C)s1. The number of thiophene rings is 1. The van der Waals surface area contributed by atoms with E-state index in [1.165, 1.54) is 4.88 Å². The van der Waals surface area contributed by atoms with Crippen molar-refractivity contribution in [2.45, 2.75) is 26.8 Å². The summed E-state index contributed by atoms with van der Waals surface area (Å²) in [6, 6.07) is 4.15. The lowest BCUT2D eigenvalue weighted by atomic mass is 10.3. The molecule has 0 aliphatic heterocycles. The van der Waals surface area contributed by atoms with E-state index >= 15 is 0 Å². The Kier molecular flexibility index (Phi) is 4.80. The number of hydrogen-bond acceptors (Lipinski definition) is 2. The molecule has 1 amide bonds. The van der Waals surface area contributed by atoms with Crippen molar-refractivity contribution in [1.82, 2.24) is 4.90 Å². The molecule has 0 saturated heterocycles. The summed E-state index contributed by atoms with van der Waals surface area (Å²) in [6.07, 6.45) is 0. The third kappa shape index (κ3) is 3.31. The summed E-state index contributed by atoms with van der Waals surface area (Å²) >= 11 is 4.93. The van der Waals surface area contributed by atoms with E-state index in [0.717, 1.165) is 16.8 Å². The molecule has 84 valence electrons. The van der Waals surface area contributed by atoms with Crippen LogP contribution in [-0.2, 0) is 0 Å². The molecule has 0 aliphatic carbocycles. The van der Waals surface area contributed by atoms with Crippen molar-refractivity contribution in [1.29, 1.82) is 0 Å². The van der Waals surface area contributed by atoms with Crippen molar-refractivity contribution in [2.24, 2.45) is 0 Å². The third-order valence-corrected chi connectivity index (χ3v) is 3.50. The lowest BCUT2D eigenvalue weighted by Crippen LogP contribution is -2.37. The molecule has 0 fully saturated rings. The van der Waals surface area contributed by atoms with Gasteiger partial charge in [-0.2, -0.15) is 0 Å². The van der Waals surface area contributed by atoms with Gasteiger partial charge < -0.3 is 4.90 Å². The highest BCUT2D eigenvalue weighted by atomic mass is 79.9. The number of rotatable bonds is 4. The van der Waals surface area contributed by atoms with E-state index in [0.29, 0.717) is 0 Å². The zero-order valence-electron chi connectivity index (χ0n) is 9.29. The van der Waals surface area contributed by atoms with E-state index in [4.69, 9.17) is 0 Å². The molecule has 0 radical (unpaired) electrons. The van der Waals surface area contributed by atoms with Gasteiger partial charge >= 0.3 is 0 Å².